The van der Waals surface area contributed by atoms with Gasteiger partial charge in [0.25, 0.3) is 0 Å². The Hall–Kier alpha value is 0.470. The summed E-state index contributed by atoms with van der Waals surface area (Å²) in [5.41, 5.74) is 1.51. The number of hydrogen-bond donors (Lipinski definition) is 0. The van der Waals surface area contributed by atoms with Crippen molar-refractivity contribution in [3.05, 3.63) is 24.3 Å². The molecule has 0 fully saturated rings. The van der Waals surface area contributed by atoms with E-state index in [1.807, 2.05) is 22.7 Å². The summed E-state index contributed by atoms with van der Waals surface area (Å²) < 4.78 is 11.4. The van der Waals surface area contributed by atoms with Crippen LogP contribution in [0.1, 0.15) is 17.4 Å². The average Bonchev–Trinajstić information content (AvgIpc) is 2.83. The molecule has 0 amide bonds. The molecule has 0 bridgehead atoms. The summed E-state index contributed by atoms with van der Waals surface area (Å²) in [5, 5.41) is 1.42. The second kappa shape index (κ2) is 4.62. The van der Waals surface area contributed by atoms with Crippen LogP contribution in [-0.2, 0) is 0 Å². The number of rotatable bonds is 0. The van der Waals surface area contributed by atoms with Crippen LogP contribution < -0.4 is 9.75 Å². The van der Waals surface area contributed by atoms with E-state index in [1.54, 1.807) is 0 Å². The largest absolute Gasteiger partial charge is 0.134 e. The summed E-state index contributed by atoms with van der Waals surface area (Å²) in [7, 11) is 0. The highest BCUT2D eigenvalue weighted by Gasteiger charge is 2.13. The van der Waals surface area contributed by atoms with Crippen LogP contribution in [0.25, 0.3) is 25.6 Å². The smallest absolute Gasteiger partial charge is 0.0546 e. The first-order valence-electron chi connectivity index (χ1n) is 4.79. The predicted molar refractivity (Wildman–Crippen MR) is 95.8 cm³/mol. The van der Waals surface area contributed by atoms with Crippen LogP contribution in [0.15, 0.2) is 4.08 Å². The number of hydrogen-bond acceptors (Lipinski definition) is 2. The highest BCUT2D eigenvalue weighted by molar-refractivity contribution is 14.2. The first-order valence-corrected chi connectivity index (χ1v) is 10.2. The maximum absolute atomic E-state index is 2.46. The standard InChI is InChI=1S/C12H8I2S2/c1-2-9-7(5-13)11-12(15-9)8-6-14-4-3-10(8)16-11/h2-6H,1H3/b7-5+,9-2+. The fourth-order valence-corrected chi connectivity index (χ4v) is 7.83. The molecular weight excluding hydrogens is 462 g/mol. The molecule has 0 spiro atoms. The molecule has 4 heteroatoms. The quantitative estimate of drug-likeness (QED) is 0.511. The molecule has 0 atom stereocenters. The maximum atomic E-state index is 2.46. The highest BCUT2D eigenvalue weighted by Crippen LogP contribution is 2.34. The van der Waals surface area contributed by atoms with Crippen LogP contribution in [0.2, 0.25) is 0 Å². The minimum absolute atomic E-state index is 0.153. The average molecular weight is 470 g/mol. The number of thiophene rings is 2. The van der Waals surface area contributed by atoms with Gasteiger partial charge >= 0.3 is 0 Å². The van der Waals surface area contributed by atoms with Gasteiger partial charge in [0.2, 0.25) is 0 Å². The molecule has 0 unspecified atom stereocenters. The molecule has 0 nitrogen and oxygen atoms in total. The van der Waals surface area contributed by atoms with Gasteiger partial charge in [-0.05, 0) is 25.2 Å². The first-order chi connectivity index (χ1) is 7.85. The monoisotopic (exact) mass is 470 g/mol. The Labute approximate surface area is 125 Å². The van der Waals surface area contributed by atoms with Gasteiger partial charge in [-0.25, -0.2) is 0 Å². The van der Waals surface area contributed by atoms with E-state index in [4.69, 9.17) is 0 Å². The van der Waals surface area contributed by atoms with Crippen molar-refractivity contribution < 1.29 is 0 Å². The summed E-state index contributed by atoms with van der Waals surface area (Å²) in [6.45, 7) is 2.13. The third kappa shape index (κ3) is 1.69. The Balaban J connectivity index is 2.55. The van der Waals surface area contributed by atoms with Crippen LogP contribution >= 0.6 is 66.0 Å². The van der Waals surface area contributed by atoms with Crippen molar-refractivity contribution in [2.45, 2.75) is 6.92 Å². The number of fused-ring (bicyclic) bond motifs is 3. The van der Waals surface area contributed by atoms with Gasteiger partial charge in [-0.3, -0.25) is 0 Å². The molecule has 0 N–H and O–H groups in total. The molecule has 0 radical (unpaired) electrons. The molecule has 3 heterocycles. The second-order valence-corrected chi connectivity index (χ2v) is 8.13. The summed E-state index contributed by atoms with van der Waals surface area (Å²) in [5.74, 6) is 0. The van der Waals surface area contributed by atoms with Gasteiger partial charge in [0.1, 0.15) is 0 Å². The third-order valence-corrected chi connectivity index (χ3v) is 7.50. The van der Waals surface area contributed by atoms with E-state index in [1.165, 1.54) is 29.6 Å². The normalized spacial score (nSPS) is 16.9. The molecule has 0 aromatic carbocycles. The molecule has 2 aromatic heterocycles. The topological polar surface area (TPSA) is 0 Å². The lowest BCUT2D eigenvalue weighted by atomic mass is 10.2. The van der Waals surface area contributed by atoms with Crippen molar-refractivity contribution in [2.75, 3.05) is 0 Å². The lowest BCUT2D eigenvalue weighted by Crippen LogP contribution is -2.15. The molecule has 0 saturated carbocycles. The van der Waals surface area contributed by atoms with Crippen LogP contribution in [0, 0.1) is 0 Å². The van der Waals surface area contributed by atoms with Crippen molar-refractivity contribution in [3.63, 3.8) is 0 Å². The zero-order valence-electron chi connectivity index (χ0n) is 8.46. The Kier molecular flexibility index (Phi) is 3.34. The zero-order valence-corrected chi connectivity index (χ0v) is 14.4. The van der Waals surface area contributed by atoms with Crippen molar-refractivity contribution >= 4 is 95.6 Å². The van der Waals surface area contributed by atoms with E-state index >= 15 is 0 Å². The van der Waals surface area contributed by atoms with Gasteiger partial charge in [-0.2, -0.15) is 0 Å². The molecule has 0 saturated heterocycles. The molecule has 1 aliphatic rings. The van der Waals surface area contributed by atoms with Crippen molar-refractivity contribution in [3.8, 4) is 0 Å². The van der Waals surface area contributed by atoms with E-state index in [9.17, 15) is 0 Å². The summed E-state index contributed by atoms with van der Waals surface area (Å²) >= 11 is 6.39. The van der Waals surface area contributed by atoms with Gasteiger partial charge < -0.3 is 0 Å². The Bertz CT molecular complexity index is 729. The summed E-state index contributed by atoms with van der Waals surface area (Å²) in [6.07, 6.45) is 4.54. The number of halogens is 2. The lowest BCUT2D eigenvalue weighted by Gasteiger charge is -1.94. The first kappa shape index (κ1) is 11.6. The Morgan fingerprint density at radius 2 is 2.19 bits per heavy atom. The van der Waals surface area contributed by atoms with Crippen molar-refractivity contribution in [2.24, 2.45) is 0 Å². The van der Waals surface area contributed by atoms with Gasteiger partial charge in [0, 0.05) is 20.2 Å². The fourth-order valence-electron chi connectivity index (χ4n) is 1.74. The van der Waals surface area contributed by atoms with Crippen LogP contribution in [0.3, 0.4) is 0 Å². The van der Waals surface area contributed by atoms with E-state index in [-0.39, 0.29) is 20.7 Å². The van der Waals surface area contributed by atoms with Crippen LogP contribution in [0.5, 0.6) is 0 Å². The minimum atomic E-state index is 0.153. The SMILES string of the molecule is C/C=c1/sc2c3c(sc2/c1=C/I)C=CI=C3. The van der Waals surface area contributed by atoms with Crippen molar-refractivity contribution in [1.82, 2.24) is 0 Å². The molecule has 0 aliphatic carbocycles. The third-order valence-electron chi connectivity index (χ3n) is 2.48. The summed E-state index contributed by atoms with van der Waals surface area (Å²) in [4.78, 5) is 1.45. The highest BCUT2D eigenvalue weighted by atomic mass is 127. The molecule has 1 aliphatic heterocycles. The van der Waals surface area contributed by atoms with E-state index in [2.05, 4.69) is 53.8 Å². The van der Waals surface area contributed by atoms with Crippen molar-refractivity contribution in [1.29, 1.82) is 0 Å². The fraction of sp³-hybridized carbons (Fsp3) is 0.0833. The van der Waals surface area contributed by atoms with Crippen LogP contribution in [0.4, 0.5) is 0 Å². The van der Waals surface area contributed by atoms with Gasteiger partial charge in [0.15, 0.2) is 0 Å². The maximum Gasteiger partial charge on any atom is 0.0546 e. The van der Waals surface area contributed by atoms with Crippen LogP contribution in [-0.4, -0.2) is 4.01 Å². The summed E-state index contributed by atoms with van der Waals surface area (Å²) in [6, 6.07) is 0. The Morgan fingerprint density at radius 1 is 1.31 bits per heavy atom. The molecule has 82 valence electrons. The molecular formula is C12H8I2S2. The van der Waals surface area contributed by atoms with Gasteiger partial charge in [-0.1, -0.05) is 49.4 Å². The minimum Gasteiger partial charge on any atom is -0.134 e. The van der Waals surface area contributed by atoms with E-state index in [0.717, 1.165) is 0 Å². The Morgan fingerprint density at radius 3 is 2.94 bits per heavy atom. The predicted octanol–water partition coefficient (Wildman–Crippen LogP) is 4.04. The molecule has 3 rings (SSSR count). The van der Waals surface area contributed by atoms with E-state index in [0.29, 0.717) is 0 Å². The van der Waals surface area contributed by atoms with Gasteiger partial charge in [-0.15, -0.1) is 22.7 Å². The lowest BCUT2D eigenvalue weighted by molar-refractivity contribution is 1.78. The second-order valence-electron chi connectivity index (χ2n) is 3.34. The van der Waals surface area contributed by atoms with E-state index < -0.39 is 0 Å². The molecule has 2 aromatic rings. The zero-order chi connectivity index (χ0) is 11.1. The molecule has 16 heavy (non-hydrogen) atoms. The van der Waals surface area contributed by atoms with Gasteiger partial charge in [0.05, 0.1) is 9.40 Å².